The molecule has 0 N–H and O–H groups in total. The molecule has 0 aliphatic heterocycles. The molecular weight excluding hydrogens is 220 g/mol. The van der Waals surface area contributed by atoms with Crippen LogP contribution < -0.4 is 0 Å². The Morgan fingerprint density at radius 3 is 1.76 bits per heavy atom. The third kappa shape index (κ3) is 11.1. The van der Waals surface area contributed by atoms with Crippen molar-refractivity contribution in [3.8, 4) is 0 Å². The van der Waals surface area contributed by atoms with E-state index in [1.807, 2.05) is 0 Å². The van der Waals surface area contributed by atoms with Gasteiger partial charge in [0, 0.05) is 5.92 Å². The summed E-state index contributed by atoms with van der Waals surface area (Å²) >= 11 is 0. The molecule has 0 aromatic carbocycles. The molecule has 0 heterocycles. The molecule has 0 aromatic heterocycles. The first-order valence-electron chi connectivity index (χ1n) is 6.13. The van der Waals surface area contributed by atoms with Crippen LogP contribution in [-0.2, 0) is 19.1 Å². The number of carbonyl (C=O) groups is 3. The van der Waals surface area contributed by atoms with Crippen molar-refractivity contribution in [3.05, 3.63) is 0 Å². The third-order valence-corrected chi connectivity index (χ3v) is 1.98. The Morgan fingerprint density at radius 2 is 1.47 bits per heavy atom. The van der Waals surface area contributed by atoms with Crippen LogP contribution in [0.3, 0.4) is 0 Å². The molecule has 4 heteroatoms. The van der Waals surface area contributed by atoms with E-state index in [4.69, 9.17) is 0 Å². The highest BCUT2D eigenvalue weighted by atomic mass is 16.5. The van der Waals surface area contributed by atoms with E-state index in [1.165, 1.54) is 12.8 Å². The molecule has 0 bridgehead atoms. The maximum absolute atomic E-state index is 11.0. The number of ketones is 2. The fourth-order valence-corrected chi connectivity index (χ4v) is 0.646. The lowest BCUT2D eigenvalue weighted by Crippen LogP contribution is -2.22. The standard InChI is InChI=1S/C9H14O4.C4H10/c1-4-13-9(12)8(11)5-7(10)6(2)3;1-3-4-2/h6H,4-5H2,1-3H3;3-4H2,1-2H3. The van der Waals surface area contributed by atoms with Gasteiger partial charge in [0.25, 0.3) is 0 Å². The van der Waals surface area contributed by atoms with E-state index in [1.54, 1.807) is 20.8 Å². The van der Waals surface area contributed by atoms with E-state index in [-0.39, 0.29) is 24.7 Å². The third-order valence-electron chi connectivity index (χ3n) is 1.98. The summed E-state index contributed by atoms with van der Waals surface area (Å²) in [7, 11) is 0. The molecule has 0 rings (SSSR count). The van der Waals surface area contributed by atoms with Crippen molar-refractivity contribution in [2.75, 3.05) is 6.61 Å². The SMILES string of the molecule is CCCC.CCOC(=O)C(=O)CC(=O)C(C)C. The first-order valence-corrected chi connectivity index (χ1v) is 6.13. The van der Waals surface area contributed by atoms with Crippen LogP contribution in [0.2, 0.25) is 0 Å². The van der Waals surface area contributed by atoms with Gasteiger partial charge in [0.05, 0.1) is 13.0 Å². The molecule has 0 radical (unpaired) electrons. The number of hydrogen-bond acceptors (Lipinski definition) is 4. The zero-order valence-electron chi connectivity index (χ0n) is 11.5. The maximum Gasteiger partial charge on any atom is 0.375 e. The average molecular weight is 244 g/mol. The fourth-order valence-electron chi connectivity index (χ4n) is 0.646. The summed E-state index contributed by atoms with van der Waals surface area (Å²) in [5.41, 5.74) is 0. The molecule has 0 unspecified atom stereocenters. The Labute approximate surface area is 104 Å². The second kappa shape index (κ2) is 11.3. The van der Waals surface area contributed by atoms with Gasteiger partial charge in [0.2, 0.25) is 5.78 Å². The number of rotatable bonds is 6. The Morgan fingerprint density at radius 1 is 1.00 bits per heavy atom. The van der Waals surface area contributed by atoms with Crippen LogP contribution in [0.5, 0.6) is 0 Å². The monoisotopic (exact) mass is 244 g/mol. The van der Waals surface area contributed by atoms with Gasteiger partial charge in [-0.15, -0.1) is 0 Å². The van der Waals surface area contributed by atoms with Gasteiger partial charge >= 0.3 is 5.97 Å². The summed E-state index contributed by atoms with van der Waals surface area (Å²) in [6.45, 7) is 9.48. The molecule has 4 nitrogen and oxygen atoms in total. The zero-order chi connectivity index (χ0) is 13.8. The number of ether oxygens (including phenoxy) is 1. The Bertz CT molecular complexity index is 242. The first-order chi connectivity index (χ1) is 7.90. The number of unbranched alkanes of at least 4 members (excludes halogenated alkanes) is 1. The second-order valence-electron chi connectivity index (χ2n) is 3.94. The smallest absolute Gasteiger partial charge is 0.375 e. The molecule has 0 spiro atoms. The average Bonchev–Trinajstić information content (AvgIpc) is 2.29. The van der Waals surface area contributed by atoms with E-state index in [2.05, 4.69) is 18.6 Å². The van der Waals surface area contributed by atoms with Crippen molar-refractivity contribution in [1.82, 2.24) is 0 Å². The van der Waals surface area contributed by atoms with Gasteiger partial charge in [-0.25, -0.2) is 4.79 Å². The molecular formula is C13H24O4. The molecule has 0 amide bonds. The van der Waals surface area contributed by atoms with Crippen molar-refractivity contribution in [1.29, 1.82) is 0 Å². The van der Waals surface area contributed by atoms with Gasteiger partial charge in [-0.3, -0.25) is 9.59 Å². The van der Waals surface area contributed by atoms with Gasteiger partial charge in [0.1, 0.15) is 5.78 Å². The van der Waals surface area contributed by atoms with Crippen LogP contribution in [0.4, 0.5) is 0 Å². The molecule has 0 aromatic rings. The van der Waals surface area contributed by atoms with Gasteiger partial charge in [-0.05, 0) is 6.92 Å². The van der Waals surface area contributed by atoms with E-state index in [9.17, 15) is 14.4 Å². The normalized spacial score (nSPS) is 9.29. The fraction of sp³-hybridized carbons (Fsp3) is 0.769. The topological polar surface area (TPSA) is 60.4 Å². The predicted octanol–water partition coefficient (Wildman–Crippen LogP) is 2.54. The lowest BCUT2D eigenvalue weighted by Gasteiger charge is -2.02. The van der Waals surface area contributed by atoms with Crippen molar-refractivity contribution in [2.45, 2.75) is 53.9 Å². The highest BCUT2D eigenvalue weighted by Gasteiger charge is 2.20. The van der Waals surface area contributed by atoms with Crippen molar-refractivity contribution in [2.24, 2.45) is 5.92 Å². The van der Waals surface area contributed by atoms with Crippen LogP contribution in [0, 0.1) is 5.92 Å². The quantitative estimate of drug-likeness (QED) is 0.409. The zero-order valence-corrected chi connectivity index (χ0v) is 11.5. The number of Topliss-reactive ketones (excluding diaryl/α,β-unsaturated/α-hetero) is 2. The van der Waals surface area contributed by atoms with Crippen molar-refractivity contribution < 1.29 is 19.1 Å². The lowest BCUT2D eigenvalue weighted by molar-refractivity contribution is -0.154. The molecule has 0 fully saturated rings. The van der Waals surface area contributed by atoms with Crippen LogP contribution >= 0.6 is 0 Å². The summed E-state index contributed by atoms with van der Waals surface area (Å²) in [6.07, 6.45) is 2.29. The van der Waals surface area contributed by atoms with Crippen LogP contribution in [-0.4, -0.2) is 24.1 Å². The molecule has 0 saturated carbocycles. The Kier molecular flexibility index (Phi) is 12.1. The molecule has 0 aliphatic rings. The van der Waals surface area contributed by atoms with Gasteiger partial charge in [-0.1, -0.05) is 40.5 Å². The maximum atomic E-state index is 11.0. The molecule has 0 saturated heterocycles. The van der Waals surface area contributed by atoms with E-state index >= 15 is 0 Å². The van der Waals surface area contributed by atoms with E-state index in [0.717, 1.165) is 0 Å². The number of esters is 1. The van der Waals surface area contributed by atoms with Crippen LogP contribution in [0.25, 0.3) is 0 Å². The highest BCUT2D eigenvalue weighted by Crippen LogP contribution is 2.00. The van der Waals surface area contributed by atoms with Crippen molar-refractivity contribution >= 4 is 17.5 Å². The van der Waals surface area contributed by atoms with Gasteiger partial charge in [-0.2, -0.15) is 0 Å². The Balaban J connectivity index is 0. The molecule has 0 atom stereocenters. The summed E-state index contributed by atoms with van der Waals surface area (Å²) in [6, 6.07) is 0. The van der Waals surface area contributed by atoms with Gasteiger partial charge < -0.3 is 4.74 Å². The minimum absolute atomic E-state index is 0.153. The molecule has 0 aliphatic carbocycles. The van der Waals surface area contributed by atoms with E-state index < -0.39 is 11.8 Å². The van der Waals surface area contributed by atoms with Gasteiger partial charge in [0.15, 0.2) is 0 Å². The van der Waals surface area contributed by atoms with Crippen LogP contribution in [0.1, 0.15) is 53.9 Å². The largest absolute Gasteiger partial charge is 0.460 e. The minimum atomic E-state index is -0.920. The predicted molar refractivity (Wildman–Crippen MR) is 66.7 cm³/mol. The first kappa shape index (κ1) is 18.2. The summed E-state index contributed by atoms with van der Waals surface area (Å²) in [4.78, 5) is 32.8. The number of hydrogen-bond donors (Lipinski definition) is 0. The summed E-state index contributed by atoms with van der Waals surface area (Å²) in [5, 5.41) is 0. The van der Waals surface area contributed by atoms with E-state index in [0.29, 0.717) is 0 Å². The summed E-state index contributed by atoms with van der Waals surface area (Å²) < 4.78 is 4.44. The van der Waals surface area contributed by atoms with Crippen LogP contribution in [0.15, 0.2) is 0 Å². The molecule has 100 valence electrons. The van der Waals surface area contributed by atoms with Crippen molar-refractivity contribution in [3.63, 3.8) is 0 Å². The lowest BCUT2D eigenvalue weighted by atomic mass is 10.0. The molecule has 17 heavy (non-hydrogen) atoms. The second-order valence-corrected chi connectivity index (χ2v) is 3.94. The Hall–Kier alpha value is -1.19. The summed E-state index contributed by atoms with van der Waals surface area (Å²) in [5.74, 6) is -2.14. The highest BCUT2D eigenvalue weighted by molar-refractivity contribution is 6.37. The number of carbonyl (C=O) groups excluding carboxylic acids is 3. The minimum Gasteiger partial charge on any atom is -0.460 e.